The average Bonchev–Trinajstić information content (AvgIpc) is 2.49. The highest BCUT2D eigenvalue weighted by atomic mass is 19.4. The molecule has 0 aliphatic carbocycles. The Labute approximate surface area is 136 Å². The topological polar surface area (TPSA) is 52.6 Å². The smallest absolute Gasteiger partial charge is 0.392 e. The van der Waals surface area contributed by atoms with Gasteiger partial charge in [0.1, 0.15) is 6.54 Å². The number of alkyl halides is 3. The van der Waals surface area contributed by atoms with Crippen LogP contribution in [-0.2, 0) is 4.79 Å². The van der Waals surface area contributed by atoms with Gasteiger partial charge in [0.2, 0.25) is 5.91 Å². The second-order valence-electron chi connectivity index (χ2n) is 6.43. The van der Waals surface area contributed by atoms with Gasteiger partial charge in [-0.3, -0.25) is 9.69 Å². The molecule has 2 N–H and O–H groups in total. The number of nitrogens with one attached hydrogen (secondary N) is 1. The third-order valence-corrected chi connectivity index (χ3v) is 4.20. The van der Waals surface area contributed by atoms with Crippen LogP contribution in [0, 0.1) is 5.92 Å². The molecule has 1 aliphatic heterocycles. The first-order valence-electron chi connectivity index (χ1n) is 8.56. The first kappa shape index (κ1) is 20.2. The van der Waals surface area contributed by atoms with Gasteiger partial charge in [-0.05, 0) is 25.8 Å². The van der Waals surface area contributed by atoms with E-state index in [1.807, 2.05) is 10.2 Å². The fraction of sp³-hybridized carbons (Fsp3) is 0.938. The zero-order valence-electron chi connectivity index (χ0n) is 13.9. The van der Waals surface area contributed by atoms with Crippen LogP contribution in [-0.4, -0.2) is 54.4 Å². The molecule has 1 amide bonds. The number of rotatable bonds is 9. The number of aliphatic hydroxyl groups is 1. The van der Waals surface area contributed by atoms with Gasteiger partial charge >= 0.3 is 6.18 Å². The molecule has 136 valence electrons. The molecular weight excluding hydrogens is 309 g/mol. The molecule has 0 aromatic rings. The monoisotopic (exact) mass is 338 g/mol. The van der Waals surface area contributed by atoms with E-state index < -0.39 is 30.7 Å². The van der Waals surface area contributed by atoms with E-state index in [4.69, 9.17) is 0 Å². The molecule has 0 spiro atoms. The summed E-state index contributed by atoms with van der Waals surface area (Å²) in [5.74, 6) is -0.956. The minimum atomic E-state index is -4.38. The lowest BCUT2D eigenvalue weighted by molar-refractivity contribution is -0.141. The highest BCUT2D eigenvalue weighted by Gasteiger charge is 2.31. The van der Waals surface area contributed by atoms with Gasteiger partial charge in [0.05, 0.1) is 12.0 Å². The van der Waals surface area contributed by atoms with Crippen LogP contribution in [0.15, 0.2) is 0 Å². The maximum absolute atomic E-state index is 12.1. The number of hydrogen-bond donors (Lipinski definition) is 2. The van der Waals surface area contributed by atoms with E-state index in [1.54, 1.807) is 0 Å². The van der Waals surface area contributed by atoms with Crippen molar-refractivity contribution in [1.29, 1.82) is 0 Å². The molecule has 0 saturated carbocycles. The molecule has 0 unspecified atom stereocenters. The number of β-amino-alcohol motifs (C(OH)–C–C–N with tert-alkyl or cyclic N) is 1. The first-order chi connectivity index (χ1) is 10.8. The third kappa shape index (κ3) is 9.15. The van der Waals surface area contributed by atoms with Gasteiger partial charge in [0.25, 0.3) is 0 Å². The van der Waals surface area contributed by atoms with Gasteiger partial charge in [-0.25, -0.2) is 0 Å². The Morgan fingerprint density at radius 1 is 1.35 bits per heavy atom. The highest BCUT2D eigenvalue weighted by molar-refractivity contribution is 5.79. The van der Waals surface area contributed by atoms with E-state index in [2.05, 4.69) is 6.92 Å². The Kier molecular flexibility index (Phi) is 8.91. The van der Waals surface area contributed by atoms with Crippen molar-refractivity contribution in [3.8, 4) is 0 Å². The van der Waals surface area contributed by atoms with Crippen LogP contribution in [0.25, 0.3) is 0 Å². The fourth-order valence-electron chi connectivity index (χ4n) is 2.96. The molecule has 1 fully saturated rings. The Hall–Kier alpha value is -0.820. The molecule has 1 rings (SSSR count). The van der Waals surface area contributed by atoms with Crippen molar-refractivity contribution in [1.82, 2.24) is 10.2 Å². The number of carbonyl (C=O) groups is 1. The summed E-state index contributed by atoms with van der Waals surface area (Å²) in [6, 6.07) is 0. The maximum atomic E-state index is 12.1. The summed E-state index contributed by atoms with van der Waals surface area (Å²) in [6.45, 7) is 2.57. The molecule has 1 heterocycles. The van der Waals surface area contributed by atoms with Crippen LogP contribution in [0.1, 0.15) is 51.9 Å². The number of unbranched alkanes of at least 4 members (excludes halogenated alkanes) is 3. The maximum Gasteiger partial charge on any atom is 0.405 e. The molecule has 4 nitrogen and oxygen atoms in total. The number of likely N-dealkylation sites (tertiary alicyclic amines) is 1. The Balaban J connectivity index is 2.29. The first-order valence-corrected chi connectivity index (χ1v) is 8.56. The summed E-state index contributed by atoms with van der Waals surface area (Å²) >= 11 is 0. The van der Waals surface area contributed by atoms with Gasteiger partial charge in [-0.2, -0.15) is 13.2 Å². The van der Waals surface area contributed by atoms with Crippen LogP contribution < -0.4 is 5.32 Å². The number of aliphatic hydroxyl groups excluding tert-OH is 1. The van der Waals surface area contributed by atoms with Crippen LogP contribution in [0.4, 0.5) is 13.2 Å². The van der Waals surface area contributed by atoms with Crippen molar-refractivity contribution in [2.75, 3.05) is 26.2 Å². The molecule has 0 aromatic heterocycles. The molecule has 1 aliphatic rings. The van der Waals surface area contributed by atoms with Crippen LogP contribution in [0.2, 0.25) is 0 Å². The normalized spacial score (nSPS) is 21.2. The molecule has 7 heteroatoms. The molecule has 0 aromatic carbocycles. The van der Waals surface area contributed by atoms with Crippen LogP contribution >= 0.6 is 0 Å². The number of hydrogen-bond acceptors (Lipinski definition) is 3. The second kappa shape index (κ2) is 10.1. The van der Waals surface area contributed by atoms with Crippen molar-refractivity contribution in [2.45, 2.75) is 64.1 Å². The lowest BCUT2D eigenvalue weighted by Gasteiger charge is -2.33. The minimum Gasteiger partial charge on any atom is -0.392 e. The molecule has 0 radical (unpaired) electrons. The number of amides is 1. The van der Waals surface area contributed by atoms with E-state index in [-0.39, 0.29) is 0 Å². The molecule has 23 heavy (non-hydrogen) atoms. The summed E-state index contributed by atoms with van der Waals surface area (Å²) in [5, 5.41) is 12.0. The van der Waals surface area contributed by atoms with Crippen molar-refractivity contribution in [2.24, 2.45) is 5.92 Å². The molecule has 1 saturated heterocycles. The Morgan fingerprint density at radius 3 is 2.74 bits per heavy atom. The van der Waals surface area contributed by atoms with Crippen molar-refractivity contribution < 1.29 is 23.1 Å². The zero-order valence-corrected chi connectivity index (χ0v) is 13.9. The highest BCUT2D eigenvalue weighted by Crippen LogP contribution is 2.19. The molecular formula is C16H29F3N2O2. The second-order valence-corrected chi connectivity index (χ2v) is 6.43. The predicted octanol–water partition coefficient (Wildman–Crippen LogP) is 2.71. The zero-order chi connectivity index (χ0) is 17.3. The van der Waals surface area contributed by atoms with Gasteiger partial charge in [0.15, 0.2) is 0 Å². The summed E-state index contributed by atoms with van der Waals surface area (Å²) in [5.41, 5.74) is 0. The quantitative estimate of drug-likeness (QED) is 0.636. The lowest BCUT2D eigenvalue weighted by Crippen LogP contribution is -2.46. The third-order valence-electron chi connectivity index (χ3n) is 4.20. The van der Waals surface area contributed by atoms with Crippen molar-refractivity contribution in [3.05, 3.63) is 0 Å². The summed E-state index contributed by atoms with van der Waals surface area (Å²) in [6.07, 6.45) is 1.71. The standard InChI is InChI=1S/C16H29F3N2O2/c1-2-3-4-5-8-14(22)11-21-9-6-7-13(10-21)15(23)20-12-16(17,18)19/h13-14,22H,2-12H2,1H3,(H,20,23)/t13-,14-/m0/s1. The van der Waals surface area contributed by atoms with E-state index in [0.29, 0.717) is 19.5 Å². The molecule has 2 atom stereocenters. The molecule has 0 bridgehead atoms. The van der Waals surface area contributed by atoms with Crippen LogP contribution in [0.3, 0.4) is 0 Å². The number of nitrogens with zero attached hydrogens (tertiary/aromatic N) is 1. The predicted molar refractivity (Wildman–Crippen MR) is 83.0 cm³/mol. The number of piperidine rings is 1. The minimum absolute atomic E-state index is 0.418. The van der Waals surface area contributed by atoms with E-state index >= 15 is 0 Å². The van der Waals surface area contributed by atoms with Crippen LogP contribution in [0.5, 0.6) is 0 Å². The Morgan fingerprint density at radius 2 is 2.09 bits per heavy atom. The van der Waals surface area contributed by atoms with E-state index in [0.717, 1.165) is 45.1 Å². The number of halogens is 3. The van der Waals surface area contributed by atoms with Gasteiger partial charge in [-0.1, -0.05) is 32.6 Å². The van der Waals surface area contributed by atoms with E-state index in [1.165, 1.54) is 0 Å². The van der Waals surface area contributed by atoms with Gasteiger partial charge in [-0.15, -0.1) is 0 Å². The average molecular weight is 338 g/mol. The summed E-state index contributed by atoms with van der Waals surface area (Å²) in [4.78, 5) is 13.8. The van der Waals surface area contributed by atoms with Crippen molar-refractivity contribution >= 4 is 5.91 Å². The van der Waals surface area contributed by atoms with Gasteiger partial charge < -0.3 is 10.4 Å². The SMILES string of the molecule is CCCCCC[C@H](O)CN1CCC[C@H](C(=O)NCC(F)(F)F)C1. The number of carbonyl (C=O) groups excluding carboxylic acids is 1. The van der Waals surface area contributed by atoms with Gasteiger partial charge in [0, 0.05) is 13.1 Å². The fourth-order valence-corrected chi connectivity index (χ4v) is 2.96. The Bertz CT molecular complexity index is 351. The van der Waals surface area contributed by atoms with E-state index in [9.17, 15) is 23.1 Å². The largest absolute Gasteiger partial charge is 0.405 e. The lowest BCUT2D eigenvalue weighted by atomic mass is 9.96. The van der Waals surface area contributed by atoms with Crippen molar-refractivity contribution in [3.63, 3.8) is 0 Å². The summed E-state index contributed by atoms with van der Waals surface area (Å²) < 4.78 is 36.4. The summed E-state index contributed by atoms with van der Waals surface area (Å²) in [7, 11) is 0.